The van der Waals surface area contributed by atoms with Crippen molar-refractivity contribution >= 4 is 5.97 Å². The van der Waals surface area contributed by atoms with Crippen LogP contribution in [-0.4, -0.2) is 63.7 Å². The van der Waals surface area contributed by atoms with Crippen molar-refractivity contribution in [3.05, 3.63) is 0 Å². The zero-order valence-corrected chi connectivity index (χ0v) is 16.6. The Bertz CT molecular complexity index is 391. The van der Waals surface area contributed by atoms with E-state index in [0.717, 1.165) is 19.3 Å². The molecule has 0 aromatic rings. The second-order valence-electron chi connectivity index (χ2n) is 7.48. The number of carbonyl (C=O) groups is 1. The van der Waals surface area contributed by atoms with E-state index < -0.39 is 36.7 Å². The highest BCUT2D eigenvalue weighted by atomic mass is 16.7. The highest BCUT2D eigenvalue weighted by molar-refractivity contribution is 5.75. The van der Waals surface area contributed by atoms with Gasteiger partial charge < -0.3 is 29.9 Å². The van der Waals surface area contributed by atoms with Crippen molar-refractivity contribution in [2.75, 3.05) is 6.61 Å². The number of carbonyl (C=O) groups excluding carboxylic acids is 1. The lowest BCUT2D eigenvalue weighted by Crippen LogP contribution is -2.59. The zero-order chi connectivity index (χ0) is 20.1. The molecular formula is C20H38O7. The van der Waals surface area contributed by atoms with Gasteiger partial charge in [0.25, 0.3) is 0 Å². The Kier molecular flexibility index (Phi) is 12.9. The molecule has 1 fully saturated rings. The van der Waals surface area contributed by atoms with Gasteiger partial charge in [-0.05, 0) is 6.42 Å². The first-order valence-electron chi connectivity index (χ1n) is 10.5. The third-order valence-electron chi connectivity index (χ3n) is 5.06. The Morgan fingerprint density at radius 3 is 1.74 bits per heavy atom. The molecule has 0 bridgehead atoms. The van der Waals surface area contributed by atoms with Crippen molar-refractivity contribution in [2.24, 2.45) is 0 Å². The van der Waals surface area contributed by atoms with E-state index in [1.807, 2.05) is 0 Å². The molecule has 0 saturated carbocycles. The van der Waals surface area contributed by atoms with Gasteiger partial charge in [-0.3, -0.25) is 0 Å². The smallest absolute Gasteiger partial charge is 0.338 e. The number of esters is 1. The maximum absolute atomic E-state index is 11.9. The van der Waals surface area contributed by atoms with Crippen LogP contribution in [0, 0.1) is 0 Å². The Morgan fingerprint density at radius 2 is 1.22 bits per heavy atom. The summed E-state index contributed by atoms with van der Waals surface area (Å²) in [4.78, 5) is 11.9. The number of ether oxygens (including phenoxy) is 2. The van der Waals surface area contributed by atoms with Crippen molar-refractivity contribution in [1.29, 1.82) is 0 Å². The first-order chi connectivity index (χ1) is 13.0. The molecule has 7 heteroatoms. The zero-order valence-electron chi connectivity index (χ0n) is 16.6. The van der Waals surface area contributed by atoms with E-state index in [9.17, 15) is 25.2 Å². The molecule has 1 saturated heterocycles. The molecule has 0 aliphatic carbocycles. The van der Waals surface area contributed by atoms with Gasteiger partial charge >= 0.3 is 5.97 Å². The summed E-state index contributed by atoms with van der Waals surface area (Å²) in [6.45, 7) is 2.44. The number of aliphatic hydroxyl groups is 4. The van der Waals surface area contributed by atoms with E-state index in [1.165, 1.54) is 57.8 Å². The molecule has 160 valence electrons. The minimum absolute atomic E-state index is 0.206. The molecule has 0 aromatic carbocycles. The molecule has 27 heavy (non-hydrogen) atoms. The minimum atomic E-state index is -1.73. The third kappa shape index (κ3) is 9.34. The lowest BCUT2D eigenvalue weighted by atomic mass is 9.99. The molecule has 0 unspecified atom stereocenters. The number of unbranched alkanes of at least 4 members (excludes halogenated alkanes) is 11. The van der Waals surface area contributed by atoms with E-state index in [4.69, 9.17) is 9.47 Å². The van der Waals surface area contributed by atoms with E-state index in [-0.39, 0.29) is 6.61 Å². The van der Waals surface area contributed by atoms with Crippen LogP contribution in [0.1, 0.15) is 84.0 Å². The fourth-order valence-corrected chi connectivity index (χ4v) is 3.25. The average molecular weight is 391 g/mol. The maximum Gasteiger partial charge on any atom is 0.338 e. The summed E-state index contributed by atoms with van der Waals surface area (Å²) >= 11 is 0. The molecule has 0 aromatic heterocycles. The number of hydrogen-bond donors (Lipinski definition) is 4. The van der Waals surface area contributed by atoms with Gasteiger partial charge in [0.05, 0.1) is 6.61 Å². The van der Waals surface area contributed by atoms with Crippen molar-refractivity contribution in [1.82, 2.24) is 0 Å². The predicted octanol–water partition coefficient (Wildman–Crippen LogP) is 2.03. The quantitative estimate of drug-likeness (QED) is 0.265. The molecule has 4 N–H and O–H groups in total. The van der Waals surface area contributed by atoms with Crippen LogP contribution in [0.15, 0.2) is 0 Å². The first-order valence-corrected chi connectivity index (χ1v) is 10.5. The maximum atomic E-state index is 11.9. The Hall–Kier alpha value is -0.730. The van der Waals surface area contributed by atoms with Crippen LogP contribution in [0.2, 0.25) is 0 Å². The van der Waals surface area contributed by atoms with Gasteiger partial charge in [0.15, 0.2) is 12.4 Å². The van der Waals surface area contributed by atoms with Crippen LogP contribution in [0.4, 0.5) is 0 Å². The monoisotopic (exact) mass is 390 g/mol. The van der Waals surface area contributed by atoms with Gasteiger partial charge in [-0.2, -0.15) is 0 Å². The summed E-state index contributed by atoms with van der Waals surface area (Å²) in [5.41, 5.74) is 0. The predicted molar refractivity (Wildman–Crippen MR) is 101 cm³/mol. The minimum Gasteiger partial charge on any atom is -0.464 e. The molecule has 0 radical (unpaired) electrons. The fourth-order valence-electron chi connectivity index (χ4n) is 3.25. The molecular weight excluding hydrogens is 352 g/mol. The topological polar surface area (TPSA) is 116 Å². The Balaban J connectivity index is 1.98. The normalized spacial score (nSPS) is 28.3. The summed E-state index contributed by atoms with van der Waals surface area (Å²) in [7, 11) is 0. The van der Waals surface area contributed by atoms with Crippen molar-refractivity contribution in [3.63, 3.8) is 0 Å². The van der Waals surface area contributed by atoms with Crippen LogP contribution in [-0.2, 0) is 14.3 Å². The van der Waals surface area contributed by atoms with Crippen LogP contribution in [0.3, 0.4) is 0 Å². The van der Waals surface area contributed by atoms with Crippen LogP contribution in [0.5, 0.6) is 0 Å². The van der Waals surface area contributed by atoms with E-state index in [0.29, 0.717) is 0 Å². The first kappa shape index (κ1) is 24.3. The van der Waals surface area contributed by atoms with Gasteiger partial charge in [-0.25, -0.2) is 4.79 Å². The largest absolute Gasteiger partial charge is 0.464 e. The standard InChI is InChI=1S/C20H38O7/c1-2-3-4-5-6-7-8-9-10-11-12-13-14-26-20(25)18-16(22)15(21)17(23)19(24)27-18/h15-19,21-24H,2-14H2,1H3/t15-,16-,17+,18-,19+/m0/s1. The van der Waals surface area contributed by atoms with Gasteiger partial charge in [-0.1, -0.05) is 77.6 Å². The molecule has 1 rings (SSSR count). The highest BCUT2D eigenvalue weighted by Gasteiger charge is 2.46. The molecule has 7 nitrogen and oxygen atoms in total. The Labute approximate surface area is 162 Å². The number of rotatable bonds is 14. The van der Waals surface area contributed by atoms with Crippen LogP contribution < -0.4 is 0 Å². The summed E-state index contributed by atoms with van der Waals surface area (Å²) in [6, 6.07) is 0. The van der Waals surface area contributed by atoms with Crippen molar-refractivity contribution in [2.45, 2.75) is 115 Å². The lowest BCUT2D eigenvalue weighted by Gasteiger charge is -2.36. The summed E-state index contributed by atoms with van der Waals surface area (Å²) in [5, 5.41) is 38.1. The summed E-state index contributed by atoms with van der Waals surface area (Å²) < 4.78 is 9.88. The Morgan fingerprint density at radius 1 is 0.741 bits per heavy atom. The number of hydrogen-bond acceptors (Lipinski definition) is 7. The fraction of sp³-hybridized carbons (Fsp3) is 0.950. The summed E-state index contributed by atoms with van der Waals surface area (Å²) in [6.07, 6.45) is 6.34. The van der Waals surface area contributed by atoms with Crippen LogP contribution in [0.25, 0.3) is 0 Å². The van der Waals surface area contributed by atoms with E-state index in [2.05, 4.69) is 6.92 Å². The number of aliphatic hydroxyl groups excluding tert-OH is 4. The van der Waals surface area contributed by atoms with E-state index in [1.54, 1.807) is 0 Å². The molecule has 1 aliphatic rings. The molecule has 0 spiro atoms. The average Bonchev–Trinajstić information content (AvgIpc) is 2.66. The molecule has 1 aliphatic heterocycles. The highest BCUT2D eigenvalue weighted by Crippen LogP contribution is 2.21. The van der Waals surface area contributed by atoms with Crippen molar-refractivity contribution < 1.29 is 34.7 Å². The lowest BCUT2D eigenvalue weighted by molar-refractivity contribution is -0.281. The second-order valence-corrected chi connectivity index (χ2v) is 7.48. The summed E-state index contributed by atoms with van der Waals surface area (Å²) in [5.74, 6) is -0.837. The van der Waals surface area contributed by atoms with Gasteiger partial charge in [0.2, 0.25) is 0 Å². The molecule has 0 amide bonds. The van der Waals surface area contributed by atoms with Crippen molar-refractivity contribution in [3.8, 4) is 0 Å². The van der Waals surface area contributed by atoms with Crippen LogP contribution >= 0.6 is 0 Å². The third-order valence-corrected chi connectivity index (χ3v) is 5.06. The second kappa shape index (κ2) is 14.3. The van der Waals surface area contributed by atoms with Gasteiger partial charge in [-0.15, -0.1) is 0 Å². The van der Waals surface area contributed by atoms with Gasteiger partial charge in [0.1, 0.15) is 18.3 Å². The SMILES string of the molecule is CCCCCCCCCCCCCCOC(=O)[C@H]1O[C@@H](O)[C@H](O)[C@@H](O)[C@@H]1O. The molecule has 5 atom stereocenters. The van der Waals surface area contributed by atoms with Gasteiger partial charge in [0, 0.05) is 0 Å². The molecule has 1 heterocycles. The van der Waals surface area contributed by atoms with E-state index >= 15 is 0 Å².